The quantitative estimate of drug-likeness (QED) is 0.430. The van der Waals surface area contributed by atoms with Gasteiger partial charge in [0.2, 0.25) is 0 Å². The van der Waals surface area contributed by atoms with E-state index in [9.17, 15) is 19.1 Å². The second kappa shape index (κ2) is 8.53. The van der Waals surface area contributed by atoms with E-state index in [4.69, 9.17) is 4.74 Å². The smallest absolute Gasteiger partial charge is 0.338 e. The van der Waals surface area contributed by atoms with Crippen LogP contribution in [0.3, 0.4) is 0 Å². The lowest BCUT2D eigenvalue weighted by atomic mass is 10.1. The van der Waals surface area contributed by atoms with Gasteiger partial charge in [-0.05, 0) is 42.1 Å². The fourth-order valence-electron chi connectivity index (χ4n) is 3.08. The first-order valence-corrected chi connectivity index (χ1v) is 10.2. The molecule has 0 spiro atoms. The van der Waals surface area contributed by atoms with Crippen LogP contribution in [-0.2, 0) is 6.61 Å². The van der Waals surface area contributed by atoms with Crippen molar-refractivity contribution < 1.29 is 23.8 Å². The Hall–Kier alpha value is -3.78. The third kappa shape index (κ3) is 4.39. The molecule has 31 heavy (non-hydrogen) atoms. The second-order valence-electron chi connectivity index (χ2n) is 6.86. The van der Waals surface area contributed by atoms with Crippen LogP contribution in [0.15, 0.2) is 60.2 Å². The first-order chi connectivity index (χ1) is 14.9. The van der Waals surface area contributed by atoms with E-state index in [1.54, 1.807) is 18.3 Å². The summed E-state index contributed by atoms with van der Waals surface area (Å²) in [5.41, 5.74) is 2.58. The number of nitrogens with one attached hydrogen (secondary N) is 1. The monoisotopic (exact) mass is 436 g/mol. The number of hydrogen-bond acceptors (Lipinski definition) is 5. The number of halogens is 1. The van der Waals surface area contributed by atoms with Crippen LogP contribution in [0.1, 0.15) is 31.8 Å². The fourth-order valence-corrected chi connectivity index (χ4v) is 4.12. The Balaban J connectivity index is 1.52. The molecular weight excluding hydrogens is 419 g/mol. The molecule has 0 saturated heterocycles. The van der Waals surface area contributed by atoms with Gasteiger partial charge in [-0.15, -0.1) is 11.3 Å². The minimum Gasteiger partial charge on any atom is -0.489 e. The number of carboxylic acid groups (broad SMARTS) is 1. The number of carbonyl (C=O) groups is 2. The van der Waals surface area contributed by atoms with Crippen molar-refractivity contribution in [1.29, 1.82) is 0 Å². The molecule has 0 fully saturated rings. The maximum Gasteiger partial charge on any atom is 0.338 e. The normalized spacial score (nSPS) is 10.8. The Kier molecular flexibility index (Phi) is 5.64. The number of anilines is 1. The molecule has 0 aliphatic rings. The SMILES string of the molecule is Cc1ccc(NC(=O)c2cccc(F)c2)cc1OCc1csc2c(C(=O)O)cncc12. The average Bonchev–Trinajstić information content (AvgIpc) is 3.17. The van der Waals surface area contributed by atoms with Crippen molar-refractivity contribution in [3.63, 3.8) is 0 Å². The minimum absolute atomic E-state index is 0.159. The molecule has 0 bridgehead atoms. The van der Waals surface area contributed by atoms with Crippen LogP contribution in [0.4, 0.5) is 10.1 Å². The molecular formula is C23H17FN2O4S. The predicted molar refractivity (Wildman–Crippen MR) is 116 cm³/mol. The molecule has 2 heterocycles. The zero-order valence-electron chi connectivity index (χ0n) is 16.4. The lowest BCUT2D eigenvalue weighted by molar-refractivity contribution is 0.0698. The van der Waals surface area contributed by atoms with Gasteiger partial charge in [-0.25, -0.2) is 9.18 Å². The van der Waals surface area contributed by atoms with E-state index in [1.165, 1.54) is 41.8 Å². The number of aryl methyl sites for hydroxylation is 1. The summed E-state index contributed by atoms with van der Waals surface area (Å²) >= 11 is 1.33. The molecule has 2 aromatic heterocycles. The van der Waals surface area contributed by atoms with Crippen LogP contribution >= 0.6 is 11.3 Å². The molecule has 0 aliphatic heterocycles. The van der Waals surface area contributed by atoms with Crippen molar-refractivity contribution >= 4 is 39.0 Å². The number of ether oxygens (including phenoxy) is 1. The number of nitrogens with zero attached hydrogens (tertiary/aromatic N) is 1. The number of hydrogen-bond donors (Lipinski definition) is 2. The Labute approximate surface area is 180 Å². The summed E-state index contributed by atoms with van der Waals surface area (Å²) in [5, 5.41) is 14.6. The molecule has 6 nitrogen and oxygen atoms in total. The van der Waals surface area contributed by atoms with Crippen molar-refractivity contribution in [2.75, 3.05) is 5.32 Å². The van der Waals surface area contributed by atoms with E-state index in [1.807, 2.05) is 18.4 Å². The number of aromatic nitrogens is 1. The molecule has 0 aliphatic carbocycles. The van der Waals surface area contributed by atoms with Gasteiger partial charge in [0.25, 0.3) is 5.91 Å². The standard InChI is InChI=1S/C23H17FN2O4S/c1-13-5-6-17(26-22(27)14-3-2-4-16(24)7-14)8-20(13)30-11-15-12-31-21-18(15)9-25-10-19(21)23(28)29/h2-10,12H,11H2,1H3,(H,26,27)(H,28,29). The maximum absolute atomic E-state index is 13.4. The summed E-state index contributed by atoms with van der Waals surface area (Å²) in [6.07, 6.45) is 2.96. The van der Waals surface area contributed by atoms with E-state index in [-0.39, 0.29) is 17.7 Å². The highest BCUT2D eigenvalue weighted by atomic mass is 32.1. The summed E-state index contributed by atoms with van der Waals surface area (Å²) in [6, 6.07) is 10.7. The maximum atomic E-state index is 13.4. The number of aromatic carboxylic acids is 1. The largest absolute Gasteiger partial charge is 0.489 e. The summed E-state index contributed by atoms with van der Waals surface area (Å²) in [4.78, 5) is 27.8. The number of rotatable bonds is 6. The Bertz CT molecular complexity index is 1300. The van der Waals surface area contributed by atoms with E-state index in [0.717, 1.165) is 16.5 Å². The number of carboxylic acids is 1. The molecule has 0 radical (unpaired) electrons. The number of amides is 1. The van der Waals surface area contributed by atoms with Crippen LogP contribution < -0.4 is 10.1 Å². The third-order valence-corrected chi connectivity index (χ3v) is 5.79. The van der Waals surface area contributed by atoms with Gasteiger partial charge < -0.3 is 15.2 Å². The minimum atomic E-state index is -1.02. The van der Waals surface area contributed by atoms with Gasteiger partial charge in [0.1, 0.15) is 18.2 Å². The van der Waals surface area contributed by atoms with Crippen LogP contribution in [0, 0.1) is 12.7 Å². The van der Waals surface area contributed by atoms with Crippen LogP contribution in [-0.4, -0.2) is 22.0 Å². The van der Waals surface area contributed by atoms with Crippen molar-refractivity contribution in [1.82, 2.24) is 4.98 Å². The van der Waals surface area contributed by atoms with Gasteiger partial charge in [-0.1, -0.05) is 12.1 Å². The number of benzene rings is 2. The molecule has 0 unspecified atom stereocenters. The van der Waals surface area contributed by atoms with Gasteiger partial charge in [-0.3, -0.25) is 9.78 Å². The second-order valence-corrected chi connectivity index (χ2v) is 7.74. The topological polar surface area (TPSA) is 88.5 Å². The summed E-state index contributed by atoms with van der Waals surface area (Å²) in [5.74, 6) is -1.36. The van der Waals surface area contributed by atoms with Crippen molar-refractivity contribution in [2.24, 2.45) is 0 Å². The number of pyridine rings is 1. The summed E-state index contributed by atoms with van der Waals surface area (Å²) < 4.78 is 20.0. The highest BCUT2D eigenvalue weighted by molar-refractivity contribution is 7.17. The third-order valence-electron chi connectivity index (χ3n) is 4.71. The predicted octanol–water partition coefficient (Wildman–Crippen LogP) is 5.27. The number of carbonyl (C=O) groups excluding carboxylic acids is 1. The lowest BCUT2D eigenvalue weighted by Crippen LogP contribution is -2.12. The molecule has 156 valence electrons. The lowest BCUT2D eigenvalue weighted by Gasteiger charge is -2.12. The van der Waals surface area contributed by atoms with Gasteiger partial charge >= 0.3 is 5.97 Å². The van der Waals surface area contributed by atoms with Crippen molar-refractivity contribution in [3.8, 4) is 5.75 Å². The molecule has 4 rings (SSSR count). The molecule has 0 atom stereocenters. The van der Waals surface area contributed by atoms with Crippen molar-refractivity contribution in [3.05, 3.63) is 88.3 Å². The number of thiophene rings is 1. The fraction of sp³-hybridized carbons (Fsp3) is 0.0870. The van der Waals surface area contributed by atoms with Gasteiger partial charge in [0, 0.05) is 40.7 Å². The first-order valence-electron chi connectivity index (χ1n) is 9.30. The van der Waals surface area contributed by atoms with Crippen LogP contribution in [0.5, 0.6) is 5.75 Å². The Morgan fingerprint density at radius 2 is 2.03 bits per heavy atom. The van der Waals surface area contributed by atoms with E-state index in [2.05, 4.69) is 10.3 Å². The zero-order chi connectivity index (χ0) is 22.0. The van der Waals surface area contributed by atoms with Crippen molar-refractivity contribution in [2.45, 2.75) is 13.5 Å². The first kappa shape index (κ1) is 20.5. The Morgan fingerprint density at radius 3 is 2.81 bits per heavy atom. The molecule has 0 saturated carbocycles. The molecule has 2 aromatic carbocycles. The molecule has 2 N–H and O–H groups in total. The van der Waals surface area contributed by atoms with Crippen LogP contribution in [0.2, 0.25) is 0 Å². The summed E-state index contributed by atoms with van der Waals surface area (Å²) in [6.45, 7) is 2.09. The summed E-state index contributed by atoms with van der Waals surface area (Å²) in [7, 11) is 0. The average molecular weight is 436 g/mol. The highest BCUT2D eigenvalue weighted by Crippen LogP contribution is 2.30. The van der Waals surface area contributed by atoms with E-state index in [0.29, 0.717) is 16.1 Å². The van der Waals surface area contributed by atoms with Gasteiger partial charge in [-0.2, -0.15) is 0 Å². The number of fused-ring (bicyclic) bond motifs is 1. The van der Waals surface area contributed by atoms with E-state index >= 15 is 0 Å². The van der Waals surface area contributed by atoms with E-state index < -0.39 is 17.7 Å². The van der Waals surface area contributed by atoms with Gasteiger partial charge in [0.05, 0.1) is 10.3 Å². The molecule has 4 aromatic rings. The zero-order valence-corrected chi connectivity index (χ0v) is 17.2. The van der Waals surface area contributed by atoms with Crippen LogP contribution in [0.25, 0.3) is 10.1 Å². The van der Waals surface area contributed by atoms with Gasteiger partial charge in [0.15, 0.2) is 0 Å². The molecule has 8 heteroatoms. The molecule has 1 amide bonds. The highest BCUT2D eigenvalue weighted by Gasteiger charge is 2.14. The Morgan fingerprint density at radius 1 is 1.19 bits per heavy atom.